The summed E-state index contributed by atoms with van der Waals surface area (Å²) in [7, 11) is 5.67. The number of azo groups is 1. The molecule has 1 N–H and O–H groups in total. The average molecular weight is 470 g/mol. The molecule has 0 aliphatic heterocycles. The number of nitrogens with zero attached hydrogens (tertiary/aromatic N) is 2. The van der Waals surface area contributed by atoms with Gasteiger partial charge in [-0.05, 0) is 6.92 Å². The fourth-order valence-electron chi connectivity index (χ4n) is 2.58. The van der Waals surface area contributed by atoms with Gasteiger partial charge in [-0.25, -0.2) is 0 Å². The highest BCUT2D eigenvalue weighted by molar-refractivity contribution is 6.32. The van der Waals surface area contributed by atoms with E-state index >= 15 is 0 Å². The summed E-state index contributed by atoms with van der Waals surface area (Å²) in [6.45, 7) is 1.22. The molecule has 166 valence electrons. The molecular weight excluding hydrogens is 449 g/mol. The van der Waals surface area contributed by atoms with E-state index in [0.717, 1.165) is 0 Å². The predicted molar refractivity (Wildman–Crippen MR) is 117 cm³/mol. The minimum atomic E-state index is -1.46. The first-order chi connectivity index (χ1) is 14.7. The summed E-state index contributed by atoms with van der Waals surface area (Å²) in [5.41, 5.74) is 0.385. The Bertz CT molecular complexity index is 988. The maximum absolute atomic E-state index is 12.8. The van der Waals surface area contributed by atoms with E-state index in [1.165, 1.54) is 59.6 Å². The van der Waals surface area contributed by atoms with Gasteiger partial charge >= 0.3 is 0 Å². The fourth-order valence-corrected chi connectivity index (χ4v) is 3.06. The van der Waals surface area contributed by atoms with Crippen LogP contribution in [0.5, 0.6) is 23.0 Å². The Morgan fingerprint density at radius 3 is 2.03 bits per heavy atom. The van der Waals surface area contributed by atoms with Crippen LogP contribution in [0.4, 0.5) is 11.4 Å². The van der Waals surface area contributed by atoms with Gasteiger partial charge in [-0.2, -0.15) is 10.2 Å². The summed E-state index contributed by atoms with van der Waals surface area (Å²) in [6.07, 6.45) is 0. The van der Waals surface area contributed by atoms with Crippen molar-refractivity contribution < 1.29 is 28.5 Å². The third kappa shape index (κ3) is 5.77. The molecule has 2 aromatic carbocycles. The van der Waals surface area contributed by atoms with Crippen molar-refractivity contribution in [3.05, 3.63) is 34.3 Å². The predicted octanol–water partition coefficient (Wildman–Crippen LogP) is 4.71. The van der Waals surface area contributed by atoms with Crippen LogP contribution in [0.1, 0.15) is 6.92 Å². The molecule has 11 heteroatoms. The summed E-state index contributed by atoms with van der Waals surface area (Å²) >= 11 is 12.2. The van der Waals surface area contributed by atoms with Crippen molar-refractivity contribution in [3.63, 3.8) is 0 Å². The highest BCUT2D eigenvalue weighted by atomic mass is 35.5. The molecule has 0 fully saturated rings. The Labute approximate surface area is 189 Å². The van der Waals surface area contributed by atoms with E-state index in [-0.39, 0.29) is 33.6 Å². The van der Waals surface area contributed by atoms with Crippen LogP contribution in [0.3, 0.4) is 0 Å². The Morgan fingerprint density at radius 2 is 1.55 bits per heavy atom. The monoisotopic (exact) mass is 469 g/mol. The van der Waals surface area contributed by atoms with Gasteiger partial charge in [0.1, 0.15) is 28.6 Å². The zero-order valence-corrected chi connectivity index (χ0v) is 19.0. The molecule has 1 unspecified atom stereocenters. The number of anilines is 1. The van der Waals surface area contributed by atoms with Gasteiger partial charge in [0, 0.05) is 29.3 Å². The largest absolute Gasteiger partial charge is 0.497 e. The van der Waals surface area contributed by atoms with E-state index in [9.17, 15) is 9.59 Å². The van der Waals surface area contributed by atoms with E-state index in [2.05, 4.69) is 15.5 Å². The van der Waals surface area contributed by atoms with Crippen LogP contribution in [-0.2, 0) is 9.59 Å². The number of carbonyl (C=O) groups is 2. The summed E-state index contributed by atoms with van der Waals surface area (Å²) in [6, 6.07) is 4.57. The van der Waals surface area contributed by atoms with Gasteiger partial charge < -0.3 is 24.3 Å². The third-order valence-corrected chi connectivity index (χ3v) is 4.57. The van der Waals surface area contributed by atoms with Crippen LogP contribution in [0.15, 0.2) is 34.5 Å². The summed E-state index contributed by atoms with van der Waals surface area (Å²) in [5.74, 6) is -0.171. The van der Waals surface area contributed by atoms with E-state index in [4.69, 9.17) is 42.1 Å². The Hall–Kier alpha value is -3.04. The quantitative estimate of drug-likeness (QED) is 0.420. The highest BCUT2D eigenvalue weighted by Gasteiger charge is 2.26. The molecule has 0 saturated carbocycles. The zero-order chi connectivity index (χ0) is 23.1. The van der Waals surface area contributed by atoms with Crippen molar-refractivity contribution in [2.75, 3.05) is 33.8 Å². The first-order valence-corrected chi connectivity index (χ1v) is 9.56. The molecule has 0 spiro atoms. The van der Waals surface area contributed by atoms with Crippen LogP contribution >= 0.6 is 23.2 Å². The number of hydrogen-bond acceptors (Lipinski definition) is 8. The van der Waals surface area contributed by atoms with E-state index in [0.29, 0.717) is 10.8 Å². The lowest BCUT2D eigenvalue weighted by atomic mass is 10.2. The molecule has 0 aliphatic carbocycles. The molecule has 0 saturated heterocycles. The second kappa shape index (κ2) is 10.8. The lowest BCUT2D eigenvalue weighted by Crippen LogP contribution is -2.32. The van der Waals surface area contributed by atoms with Crippen molar-refractivity contribution >= 4 is 46.3 Å². The van der Waals surface area contributed by atoms with Crippen LogP contribution in [0, 0.1) is 0 Å². The normalized spacial score (nSPS) is 11.7. The zero-order valence-electron chi connectivity index (χ0n) is 17.5. The van der Waals surface area contributed by atoms with Crippen LogP contribution < -0.4 is 24.3 Å². The van der Waals surface area contributed by atoms with Crippen molar-refractivity contribution in [3.8, 4) is 23.0 Å². The molecule has 2 rings (SSSR count). The third-order valence-electron chi connectivity index (χ3n) is 4.07. The number of ketones is 1. The van der Waals surface area contributed by atoms with Crippen molar-refractivity contribution in [2.45, 2.75) is 13.0 Å². The van der Waals surface area contributed by atoms with E-state index in [1.54, 1.807) is 0 Å². The van der Waals surface area contributed by atoms with Gasteiger partial charge in [0.2, 0.25) is 6.04 Å². The molecule has 9 nitrogen and oxygen atoms in total. The Morgan fingerprint density at radius 1 is 0.935 bits per heavy atom. The number of halogens is 2. The number of nitrogens with one attached hydrogen (secondary N) is 1. The molecule has 0 radical (unpaired) electrons. The van der Waals surface area contributed by atoms with Crippen LogP contribution in [0.2, 0.25) is 10.0 Å². The molecule has 1 atom stereocenters. The molecule has 1 amide bonds. The summed E-state index contributed by atoms with van der Waals surface area (Å²) < 4.78 is 20.9. The van der Waals surface area contributed by atoms with Gasteiger partial charge in [-0.3, -0.25) is 9.59 Å². The molecular formula is C20H21Cl2N3O6. The maximum atomic E-state index is 12.8. The lowest BCUT2D eigenvalue weighted by Gasteiger charge is -2.16. The van der Waals surface area contributed by atoms with Crippen LogP contribution in [0.25, 0.3) is 0 Å². The fraction of sp³-hybridized carbons (Fsp3) is 0.300. The molecule has 31 heavy (non-hydrogen) atoms. The van der Waals surface area contributed by atoms with Crippen molar-refractivity contribution in [1.82, 2.24) is 0 Å². The molecule has 0 heterocycles. The molecule has 2 aromatic rings. The van der Waals surface area contributed by atoms with Crippen molar-refractivity contribution in [1.29, 1.82) is 0 Å². The number of benzene rings is 2. The smallest absolute Gasteiger partial charge is 0.259 e. The topological polar surface area (TPSA) is 108 Å². The maximum Gasteiger partial charge on any atom is 0.259 e. The summed E-state index contributed by atoms with van der Waals surface area (Å²) in [5, 5.41) is 11.1. The highest BCUT2D eigenvalue weighted by Crippen LogP contribution is 2.40. The Balaban J connectivity index is 2.40. The minimum absolute atomic E-state index is 0.188. The lowest BCUT2D eigenvalue weighted by molar-refractivity contribution is -0.126. The number of carbonyl (C=O) groups excluding carboxylic acids is 2. The van der Waals surface area contributed by atoms with Gasteiger partial charge in [0.15, 0.2) is 11.5 Å². The summed E-state index contributed by atoms with van der Waals surface area (Å²) in [4.78, 5) is 25.0. The number of amides is 1. The molecule has 0 aliphatic rings. The Kier molecular flexibility index (Phi) is 8.47. The van der Waals surface area contributed by atoms with E-state index < -0.39 is 17.7 Å². The number of methoxy groups -OCH3 is 4. The van der Waals surface area contributed by atoms with Crippen molar-refractivity contribution in [2.24, 2.45) is 10.2 Å². The van der Waals surface area contributed by atoms with Gasteiger partial charge in [-0.1, -0.05) is 23.2 Å². The SMILES string of the molecule is COc1cc(Cl)c(OC)c(N=NC(C(C)=O)C(=O)Nc2c(OC)cc(Cl)cc2OC)c1. The molecule has 0 bridgehead atoms. The van der Waals surface area contributed by atoms with Gasteiger partial charge in [0.05, 0.1) is 33.5 Å². The molecule has 0 aromatic heterocycles. The first-order valence-electron chi connectivity index (χ1n) is 8.80. The number of hydrogen-bond donors (Lipinski definition) is 1. The first kappa shape index (κ1) is 24.2. The number of rotatable bonds is 9. The average Bonchev–Trinajstić information content (AvgIpc) is 2.73. The minimum Gasteiger partial charge on any atom is -0.497 e. The second-order valence-corrected chi connectivity index (χ2v) is 6.91. The van der Waals surface area contributed by atoms with Gasteiger partial charge in [0.25, 0.3) is 5.91 Å². The number of ether oxygens (including phenoxy) is 4. The number of Topliss-reactive ketones (excluding diaryl/α,β-unsaturated/α-hetero) is 1. The second-order valence-electron chi connectivity index (χ2n) is 6.06. The van der Waals surface area contributed by atoms with Crippen LogP contribution in [-0.4, -0.2) is 46.2 Å². The van der Waals surface area contributed by atoms with E-state index in [1.807, 2.05) is 0 Å². The van der Waals surface area contributed by atoms with Gasteiger partial charge in [-0.15, -0.1) is 0 Å². The standard InChI is InChI=1S/C20H21Cl2N3O6/c1-10(26)17(25-24-14-9-12(28-2)8-13(22)19(14)31-5)20(27)23-18-15(29-3)6-11(21)7-16(18)30-4/h6-9,17H,1-5H3,(H,23,27).